The molecule has 0 spiro atoms. The molecule has 1 N–H and O–H groups in total. The maximum atomic E-state index is 5.42. The predicted molar refractivity (Wildman–Crippen MR) is 53.6 cm³/mol. The Balaban J connectivity index is 2.53. The van der Waals surface area contributed by atoms with Crippen LogP contribution in [0.25, 0.3) is 0 Å². The number of pyridine rings is 1. The van der Waals surface area contributed by atoms with Crippen molar-refractivity contribution in [1.29, 1.82) is 0 Å². The van der Waals surface area contributed by atoms with Crippen molar-refractivity contribution >= 4 is 37.7 Å². The van der Waals surface area contributed by atoms with Crippen molar-refractivity contribution in [2.75, 3.05) is 18.5 Å². The Bertz CT molecular complexity index is 317. The fourth-order valence-electron chi connectivity index (χ4n) is 1.05. The number of aromatic nitrogens is 1. The van der Waals surface area contributed by atoms with Crippen LogP contribution in [0.15, 0.2) is 15.1 Å². The fourth-order valence-corrected chi connectivity index (χ4v) is 2.29. The minimum atomic E-state index is 0.689. The monoisotopic (exact) mass is 292 g/mol. The lowest BCUT2D eigenvalue weighted by Crippen LogP contribution is -2.19. The summed E-state index contributed by atoms with van der Waals surface area (Å²) >= 11 is 6.70. The molecule has 0 atom stereocenters. The Hall–Kier alpha value is -0.290. The number of ether oxygens (including phenoxy) is 1. The van der Waals surface area contributed by atoms with Gasteiger partial charge in [0, 0.05) is 0 Å². The molecule has 1 aliphatic rings. The van der Waals surface area contributed by atoms with E-state index in [1.165, 1.54) is 0 Å². The van der Waals surface area contributed by atoms with Crippen LogP contribution in [0.4, 0.5) is 5.82 Å². The van der Waals surface area contributed by atoms with Gasteiger partial charge in [0.2, 0.25) is 0 Å². The second-order valence-electron chi connectivity index (χ2n) is 2.38. The molecule has 5 heteroatoms. The van der Waals surface area contributed by atoms with Crippen molar-refractivity contribution in [3.05, 3.63) is 15.1 Å². The third kappa shape index (κ3) is 1.43. The van der Waals surface area contributed by atoms with E-state index in [1.807, 2.05) is 6.07 Å². The third-order valence-electron chi connectivity index (χ3n) is 1.54. The molecule has 12 heavy (non-hydrogen) atoms. The molecule has 0 saturated carbocycles. The van der Waals surface area contributed by atoms with Gasteiger partial charge in [0.05, 0.1) is 11.0 Å². The first kappa shape index (κ1) is 8.31. The summed E-state index contributed by atoms with van der Waals surface area (Å²) in [5.74, 6) is 1.59. The molecule has 0 unspecified atom stereocenters. The van der Waals surface area contributed by atoms with Crippen molar-refractivity contribution in [3.63, 3.8) is 0 Å². The number of halogens is 2. The molecule has 1 aliphatic heterocycles. The van der Waals surface area contributed by atoms with Crippen LogP contribution in [-0.4, -0.2) is 18.1 Å². The molecule has 0 saturated heterocycles. The van der Waals surface area contributed by atoms with Crippen molar-refractivity contribution in [2.24, 2.45) is 0 Å². The van der Waals surface area contributed by atoms with Gasteiger partial charge < -0.3 is 10.1 Å². The van der Waals surface area contributed by atoms with E-state index >= 15 is 0 Å². The number of rotatable bonds is 0. The zero-order chi connectivity index (χ0) is 8.55. The van der Waals surface area contributed by atoms with Crippen LogP contribution in [-0.2, 0) is 0 Å². The molecule has 0 fully saturated rings. The quantitative estimate of drug-likeness (QED) is 0.746. The fraction of sp³-hybridized carbons (Fsp3) is 0.286. The Kier molecular flexibility index (Phi) is 2.23. The molecule has 2 rings (SSSR count). The van der Waals surface area contributed by atoms with Crippen LogP contribution in [0.1, 0.15) is 0 Å². The summed E-state index contributed by atoms with van der Waals surface area (Å²) in [6, 6.07) is 1.87. The zero-order valence-corrected chi connectivity index (χ0v) is 9.27. The second kappa shape index (κ2) is 3.22. The summed E-state index contributed by atoms with van der Waals surface area (Å²) in [6.07, 6.45) is 0. The highest BCUT2D eigenvalue weighted by Gasteiger charge is 2.14. The molecule has 0 radical (unpaired) electrons. The Morgan fingerprint density at radius 2 is 2.33 bits per heavy atom. The van der Waals surface area contributed by atoms with Gasteiger partial charge in [-0.1, -0.05) is 0 Å². The van der Waals surface area contributed by atoms with E-state index in [0.717, 1.165) is 27.2 Å². The van der Waals surface area contributed by atoms with Gasteiger partial charge >= 0.3 is 0 Å². The van der Waals surface area contributed by atoms with Crippen molar-refractivity contribution in [2.45, 2.75) is 0 Å². The van der Waals surface area contributed by atoms with Crippen LogP contribution in [0.3, 0.4) is 0 Å². The van der Waals surface area contributed by atoms with Gasteiger partial charge in [0.25, 0.3) is 0 Å². The van der Waals surface area contributed by atoms with Gasteiger partial charge in [0.15, 0.2) is 11.6 Å². The number of anilines is 1. The van der Waals surface area contributed by atoms with Gasteiger partial charge in [-0.05, 0) is 37.9 Å². The molecule has 1 aromatic heterocycles. The predicted octanol–water partition coefficient (Wildman–Crippen LogP) is 2.41. The van der Waals surface area contributed by atoms with Gasteiger partial charge in [-0.25, -0.2) is 4.98 Å². The van der Waals surface area contributed by atoms with E-state index in [0.29, 0.717) is 6.61 Å². The standard InChI is InChI=1S/C7H6Br2N2O/c8-4-3-5(9)11-7-6(4)12-2-1-10-7/h3H,1-2H2,(H,10,11). The maximum absolute atomic E-state index is 5.42. The lowest BCUT2D eigenvalue weighted by atomic mass is 10.4. The van der Waals surface area contributed by atoms with Gasteiger partial charge in [-0.15, -0.1) is 0 Å². The van der Waals surface area contributed by atoms with Crippen molar-refractivity contribution in [3.8, 4) is 5.75 Å². The summed E-state index contributed by atoms with van der Waals surface area (Å²) in [6.45, 7) is 1.50. The molecule has 1 aromatic rings. The molecule has 0 amide bonds. The lowest BCUT2D eigenvalue weighted by molar-refractivity contribution is 0.319. The first-order chi connectivity index (χ1) is 5.77. The summed E-state index contributed by atoms with van der Waals surface area (Å²) in [5, 5.41) is 3.15. The molecule has 3 nitrogen and oxygen atoms in total. The first-order valence-corrected chi connectivity index (χ1v) is 5.08. The minimum absolute atomic E-state index is 0.689. The van der Waals surface area contributed by atoms with E-state index in [1.54, 1.807) is 0 Å². The smallest absolute Gasteiger partial charge is 0.175 e. The van der Waals surface area contributed by atoms with E-state index in [9.17, 15) is 0 Å². The number of nitrogens with zero attached hydrogens (tertiary/aromatic N) is 1. The zero-order valence-electron chi connectivity index (χ0n) is 6.10. The summed E-state index contributed by atoms with van der Waals surface area (Å²) in [7, 11) is 0. The van der Waals surface area contributed by atoms with Gasteiger partial charge in [0.1, 0.15) is 11.2 Å². The molecule has 2 heterocycles. The average molecular weight is 294 g/mol. The number of hydrogen-bond donors (Lipinski definition) is 1. The SMILES string of the molecule is Brc1cc(Br)c2c(n1)NCCO2. The number of hydrogen-bond acceptors (Lipinski definition) is 3. The highest BCUT2D eigenvalue weighted by molar-refractivity contribution is 9.11. The molecular formula is C7H6Br2N2O. The van der Waals surface area contributed by atoms with E-state index in [4.69, 9.17) is 4.74 Å². The number of fused-ring (bicyclic) bond motifs is 1. The topological polar surface area (TPSA) is 34.2 Å². The number of nitrogens with one attached hydrogen (secondary N) is 1. The van der Waals surface area contributed by atoms with Crippen LogP contribution < -0.4 is 10.1 Å². The largest absolute Gasteiger partial charge is 0.487 e. The Morgan fingerprint density at radius 3 is 3.17 bits per heavy atom. The normalized spacial score (nSPS) is 14.5. The van der Waals surface area contributed by atoms with Crippen LogP contribution in [0.2, 0.25) is 0 Å². The first-order valence-electron chi connectivity index (χ1n) is 3.50. The van der Waals surface area contributed by atoms with E-state index < -0.39 is 0 Å². The molecule has 64 valence electrons. The molecular weight excluding hydrogens is 288 g/mol. The third-order valence-corrected chi connectivity index (χ3v) is 2.53. The molecule has 0 bridgehead atoms. The lowest BCUT2D eigenvalue weighted by Gasteiger charge is -2.19. The van der Waals surface area contributed by atoms with E-state index in [-0.39, 0.29) is 0 Å². The Morgan fingerprint density at radius 1 is 1.50 bits per heavy atom. The van der Waals surface area contributed by atoms with Crippen LogP contribution in [0.5, 0.6) is 5.75 Å². The molecule has 0 aliphatic carbocycles. The molecule has 0 aromatic carbocycles. The summed E-state index contributed by atoms with van der Waals surface area (Å²) < 4.78 is 7.14. The second-order valence-corrected chi connectivity index (χ2v) is 4.05. The van der Waals surface area contributed by atoms with Crippen LogP contribution in [0, 0.1) is 0 Å². The van der Waals surface area contributed by atoms with Gasteiger partial charge in [-0.2, -0.15) is 0 Å². The average Bonchev–Trinajstić information content (AvgIpc) is 2.04. The summed E-state index contributed by atoms with van der Waals surface area (Å²) in [5.41, 5.74) is 0. The summed E-state index contributed by atoms with van der Waals surface area (Å²) in [4.78, 5) is 4.23. The van der Waals surface area contributed by atoms with Crippen molar-refractivity contribution in [1.82, 2.24) is 4.98 Å². The maximum Gasteiger partial charge on any atom is 0.175 e. The highest BCUT2D eigenvalue weighted by atomic mass is 79.9. The minimum Gasteiger partial charge on any atom is -0.487 e. The van der Waals surface area contributed by atoms with Gasteiger partial charge in [-0.3, -0.25) is 0 Å². The Labute approximate surface area is 86.8 Å². The van der Waals surface area contributed by atoms with E-state index in [2.05, 4.69) is 42.2 Å². The van der Waals surface area contributed by atoms with Crippen molar-refractivity contribution < 1.29 is 4.74 Å². The van der Waals surface area contributed by atoms with Crippen LogP contribution >= 0.6 is 31.9 Å². The highest BCUT2D eigenvalue weighted by Crippen LogP contribution is 2.35.